The molecule has 0 aromatic heterocycles. The van der Waals surface area contributed by atoms with Crippen LogP contribution in [0.3, 0.4) is 0 Å². The molecule has 0 unspecified atom stereocenters. The zero-order valence-corrected chi connectivity index (χ0v) is 19.8. The topological polar surface area (TPSA) is 81.2 Å². The first-order valence-electron chi connectivity index (χ1n) is 10.4. The van der Waals surface area contributed by atoms with Gasteiger partial charge in [0.05, 0.1) is 26.9 Å². The van der Waals surface area contributed by atoms with Crippen LogP contribution in [0.4, 0.5) is 5.69 Å². The van der Waals surface area contributed by atoms with E-state index >= 15 is 0 Å². The number of nitrogens with one attached hydrogen (secondary N) is 2. The molecule has 2 aromatic rings. The highest BCUT2D eigenvalue weighted by atomic mass is 32.2. The first-order valence-corrected chi connectivity index (χ1v) is 11.4. The van der Waals surface area contributed by atoms with Crippen LogP contribution in [0.5, 0.6) is 17.2 Å². The molecule has 0 bridgehead atoms. The van der Waals surface area contributed by atoms with Crippen LogP contribution in [-0.4, -0.2) is 38.2 Å². The maximum atomic E-state index is 13.3. The van der Waals surface area contributed by atoms with E-state index in [1.807, 2.05) is 49.4 Å². The SMILES string of the molecule is CCCSC1=N[C@H](c2cc(OC)c(OC)c(OC)c2)C(C(=O)Nc2ccccc2)=C(C)N1. The Morgan fingerprint density at radius 2 is 1.75 bits per heavy atom. The highest BCUT2D eigenvalue weighted by Crippen LogP contribution is 2.43. The molecule has 1 aliphatic heterocycles. The minimum atomic E-state index is -0.534. The number of rotatable bonds is 8. The molecule has 1 aliphatic rings. The Hall–Kier alpha value is -3.13. The number of hydrogen-bond donors (Lipinski definition) is 2. The zero-order chi connectivity index (χ0) is 23.1. The molecule has 7 nitrogen and oxygen atoms in total. The summed E-state index contributed by atoms with van der Waals surface area (Å²) >= 11 is 1.63. The molecule has 170 valence electrons. The van der Waals surface area contributed by atoms with Gasteiger partial charge in [-0.15, -0.1) is 0 Å². The zero-order valence-electron chi connectivity index (χ0n) is 19.0. The van der Waals surface area contributed by atoms with Crippen molar-refractivity contribution in [2.75, 3.05) is 32.4 Å². The van der Waals surface area contributed by atoms with Gasteiger partial charge < -0.3 is 24.8 Å². The van der Waals surface area contributed by atoms with Crippen LogP contribution in [0.15, 0.2) is 58.7 Å². The quantitative estimate of drug-likeness (QED) is 0.597. The third-order valence-electron chi connectivity index (χ3n) is 4.94. The van der Waals surface area contributed by atoms with Crippen LogP contribution in [0, 0.1) is 0 Å². The minimum Gasteiger partial charge on any atom is -0.493 e. The number of thioether (sulfide) groups is 1. The number of benzene rings is 2. The van der Waals surface area contributed by atoms with Crippen LogP contribution in [0.1, 0.15) is 31.9 Å². The van der Waals surface area contributed by atoms with Crippen LogP contribution in [-0.2, 0) is 4.79 Å². The number of carbonyl (C=O) groups excluding carboxylic acids is 1. The van der Waals surface area contributed by atoms with Crippen molar-refractivity contribution < 1.29 is 19.0 Å². The van der Waals surface area contributed by atoms with Gasteiger partial charge >= 0.3 is 0 Å². The van der Waals surface area contributed by atoms with Gasteiger partial charge in [0.25, 0.3) is 5.91 Å². The average molecular weight is 456 g/mol. The Morgan fingerprint density at radius 3 is 2.31 bits per heavy atom. The molecule has 0 radical (unpaired) electrons. The Morgan fingerprint density at radius 1 is 1.09 bits per heavy atom. The summed E-state index contributed by atoms with van der Waals surface area (Å²) in [6.07, 6.45) is 1.02. The monoisotopic (exact) mass is 455 g/mol. The Kier molecular flexibility index (Phi) is 8.05. The lowest BCUT2D eigenvalue weighted by molar-refractivity contribution is -0.113. The number of amidine groups is 1. The molecule has 0 saturated carbocycles. The fourth-order valence-corrected chi connectivity index (χ4v) is 4.24. The Bertz CT molecular complexity index is 996. The molecule has 0 saturated heterocycles. The van der Waals surface area contributed by atoms with Gasteiger partial charge in [0.2, 0.25) is 5.75 Å². The van der Waals surface area contributed by atoms with Crippen molar-refractivity contribution in [3.63, 3.8) is 0 Å². The lowest BCUT2D eigenvalue weighted by atomic mass is 9.95. The predicted molar refractivity (Wildman–Crippen MR) is 130 cm³/mol. The molecule has 0 spiro atoms. The lowest BCUT2D eigenvalue weighted by Crippen LogP contribution is -2.32. The van der Waals surface area contributed by atoms with Crippen LogP contribution in [0.25, 0.3) is 0 Å². The number of aliphatic imine (C=N–C) groups is 1. The molecule has 1 heterocycles. The number of nitrogens with zero attached hydrogens (tertiary/aromatic N) is 1. The van der Waals surface area contributed by atoms with Crippen molar-refractivity contribution in [2.45, 2.75) is 26.3 Å². The molecule has 32 heavy (non-hydrogen) atoms. The summed E-state index contributed by atoms with van der Waals surface area (Å²) in [7, 11) is 4.70. The number of anilines is 1. The molecular weight excluding hydrogens is 426 g/mol. The first kappa shape index (κ1) is 23.5. The highest BCUT2D eigenvalue weighted by Gasteiger charge is 2.31. The normalized spacial score (nSPS) is 15.5. The van der Waals surface area contributed by atoms with E-state index in [-0.39, 0.29) is 5.91 Å². The van der Waals surface area contributed by atoms with E-state index in [0.29, 0.717) is 22.8 Å². The molecule has 0 aliphatic carbocycles. The van der Waals surface area contributed by atoms with Gasteiger partial charge in [0.1, 0.15) is 6.04 Å². The summed E-state index contributed by atoms with van der Waals surface area (Å²) in [5.74, 6) is 2.22. The Balaban J connectivity index is 2.07. The fourth-order valence-electron chi connectivity index (χ4n) is 3.43. The van der Waals surface area contributed by atoms with Crippen molar-refractivity contribution in [3.05, 3.63) is 59.3 Å². The molecule has 3 rings (SSSR count). The van der Waals surface area contributed by atoms with Crippen LogP contribution < -0.4 is 24.8 Å². The molecule has 2 N–H and O–H groups in total. The second kappa shape index (κ2) is 10.9. The van der Waals surface area contributed by atoms with E-state index in [1.54, 1.807) is 33.1 Å². The number of carbonyl (C=O) groups is 1. The van der Waals surface area contributed by atoms with E-state index in [2.05, 4.69) is 17.6 Å². The third-order valence-corrected chi connectivity index (χ3v) is 6.03. The van der Waals surface area contributed by atoms with Gasteiger partial charge in [-0.2, -0.15) is 0 Å². The van der Waals surface area contributed by atoms with E-state index in [1.165, 1.54) is 0 Å². The van der Waals surface area contributed by atoms with Crippen molar-refractivity contribution >= 4 is 28.5 Å². The fraction of sp³-hybridized carbons (Fsp3) is 0.333. The molecule has 8 heteroatoms. The summed E-state index contributed by atoms with van der Waals surface area (Å²) in [5.41, 5.74) is 2.78. The van der Waals surface area contributed by atoms with Crippen LogP contribution in [0.2, 0.25) is 0 Å². The molecular formula is C24H29N3O4S. The summed E-state index contributed by atoms with van der Waals surface area (Å²) in [6.45, 7) is 4.01. The molecule has 0 fully saturated rings. The van der Waals surface area contributed by atoms with Gasteiger partial charge in [-0.1, -0.05) is 36.9 Å². The number of para-hydroxylation sites is 1. The van der Waals surface area contributed by atoms with Crippen molar-refractivity contribution in [2.24, 2.45) is 4.99 Å². The van der Waals surface area contributed by atoms with Crippen molar-refractivity contribution in [1.29, 1.82) is 0 Å². The summed E-state index contributed by atoms with van der Waals surface area (Å²) in [4.78, 5) is 18.2. The molecule has 1 amide bonds. The summed E-state index contributed by atoms with van der Waals surface area (Å²) in [5, 5.41) is 7.05. The largest absolute Gasteiger partial charge is 0.493 e. The summed E-state index contributed by atoms with van der Waals surface area (Å²) in [6, 6.07) is 12.5. The second-order valence-electron chi connectivity index (χ2n) is 7.13. The summed E-state index contributed by atoms with van der Waals surface area (Å²) < 4.78 is 16.5. The third kappa shape index (κ3) is 5.19. The Labute approximate surface area is 193 Å². The van der Waals surface area contributed by atoms with E-state index in [0.717, 1.165) is 34.3 Å². The van der Waals surface area contributed by atoms with Gasteiger partial charge in [0, 0.05) is 17.1 Å². The van der Waals surface area contributed by atoms with Gasteiger partial charge in [-0.25, -0.2) is 4.99 Å². The number of hydrogen-bond acceptors (Lipinski definition) is 7. The lowest BCUT2D eigenvalue weighted by Gasteiger charge is -2.27. The average Bonchev–Trinajstić information content (AvgIpc) is 2.81. The number of ether oxygens (including phenoxy) is 3. The molecule has 1 atom stereocenters. The maximum absolute atomic E-state index is 13.3. The first-order chi connectivity index (χ1) is 15.5. The maximum Gasteiger partial charge on any atom is 0.255 e. The number of methoxy groups -OCH3 is 3. The van der Waals surface area contributed by atoms with Crippen molar-refractivity contribution in [3.8, 4) is 17.2 Å². The number of amides is 1. The van der Waals surface area contributed by atoms with Crippen LogP contribution >= 0.6 is 11.8 Å². The highest BCUT2D eigenvalue weighted by molar-refractivity contribution is 8.13. The minimum absolute atomic E-state index is 0.219. The van der Waals surface area contributed by atoms with Gasteiger partial charge in [-0.05, 0) is 43.2 Å². The molecule has 2 aromatic carbocycles. The number of allylic oxidation sites excluding steroid dienone is 1. The van der Waals surface area contributed by atoms with Gasteiger partial charge in [0.15, 0.2) is 16.7 Å². The second-order valence-corrected chi connectivity index (χ2v) is 8.21. The van der Waals surface area contributed by atoms with E-state index < -0.39 is 6.04 Å². The van der Waals surface area contributed by atoms with E-state index in [9.17, 15) is 4.79 Å². The smallest absolute Gasteiger partial charge is 0.255 e. The van der Waals surface area contributed by atoms with Gasteiger partial charge in [-0.3, -0.25) is 4.79 Å². The predicted octanol–water partition coefficient (Wildman–Crippen LogP) is 4.77. The standard InChI is InChI=1S/C24H29N3O4S/c1-6-12-32-24-25-15(2)20(23(28)26-17-10-8-7-9-11-17)21(27-24)16-13-18(29-3)22(31-5)19(14-16)30-4/h7-11,13-14,21H,6,12H2,1-5H3,(H,25,27)(H,26,28)/t21-/m1/s1. The van der Waals surface area contributed by atoms with Crippen molar-refractivity contribution in [1.82, 2.24) is 5.32 Å². The van der Waals surface area contributed by atoms with E-state index in [4.69, 9.17) is 19.2 Å².